The maximum absolute atomic E-state index is 7.26. The molecular formula is C56H54BNO3. The van der Waals surface area contributed by atoms with Crippen molar-refractivity contribution in [3.8, 4) is 34.1 Å². The molecule has 0 radical (unpaired) electrons. The first-order valence-corrected chi connectivity index (χ1v) is 21.7. The number of hydrogen-bond donors (Lipinski definition) is 0. The van der Waals surface area contributed by atoms with Gasteiger partial charge in [-0.2, -0.15) is 0 Å². The summed E-state index contributed by atoms with van der Waals surface area (Å²) in [5.74, 6) is 3.21. The van der Waals surface area contributed by atoms with Gasteiger partial charge in [-0.05, 0) is 123 Å². The highest BCUT2D eigenvalue weighted by Gasteiger charge is 2.43. The quantitative estimate of drug-likeness (QED) is 0.166. The summed E-state index contributed by atoms with van der Waals surface area (Å²) in [4.78, 5) is 2.41. The van der Waals surface area contributed by atoms with Gasteiger partial charge in [-0.15, -0.1) is 0 Å². The zero-order valence-electron chi connectivity index (χ0n) is 37.4. The molecule has 304 valence electrons. The lowest BCUT2D eigenvalue weighted by Crippen LogP contribution is -2.57. The molecule has 8 aromatic rings. The molecule has 0 bridgehead atoms. The number of anilines is 3. The first-order chi connectivity index (χ1) is 28.9. The van der Waals surface area contributed by atoms with Crippen molar-refractivity contribution in [1.29, 1.82) is 0 Å². The Morgan fingerprint density at radius 1 is 0.492 bits per heavy atom. The van der Waals surface area contributed by atoms with Crippen LogP contribution in [-0.2, 0) is 16.2 Å². The van der Waals surface area contributed by atoms with Gasteiger partial charge in [-0.3, -0.25) is 0 Å². The molecule has 2 aliphatic rings. The maximum Gasteiger partial charge on any atom is 0.260 e. The zero-order valence-corrected chi connectivity index (χ0v) is 37.4. The lowest BCUT2D eigenvalue weighted by Gasteiger charge is -2.35. The predicted molar refractivity (Wildman–Crippen MR) is 257 cm³/mol. The molecule has 0 amide bonds. The normalized spacial score (nSPS) is 13.4. The van der Waals surface area contributed by atoms with Gasteiger partial charge in [0.2, 0.25) is 0 Å². The number of hydrogen-bond acceptors (Lipinski definition) is 4. The molecule has 2 aliphatic heterocycles. The van der Waals surface area contributed by atoms with E-state index in [0.29, 0.717) is 0 Å². The standard InChI is InChI=1S/C56H54BNO3/c1-33-26-34(2)28-35(27-33)36-29-48-51-49(30-36)61-52-44(57(51)43-31-39(56(9,10)11)20-25-47(43)59-48)32-45(50-42-14-12-13-15-46(42)60-53(50)52)58(40-21-16-37(17-22-40)54(3,4)5)41-23-18-38(19-24-41)55(6,7)8/h12-32H,1-11H3. The Kier molecular flexibility index (Phi) is 8.73. The van der Waals surface area contributed by atoms with E-state index in [1.54, 1.807) is 0 Å². The highest BCUT2D eigenvalue weighted by atomic mass is 16.5. The molecular weight excluding hydrogens is 745 g/mol. The minimum Gasteiger partial charge on any atom is -0.458 e. The Bertz CT molecular complexity index is 2970. The van der Waals surface area contributed by atoms with E-state index in [0.717, 1.165) is 89.5 Å². The van der Waals surface area contributed by atoms with Crippen molar-refractivity contribution in [1.82, 2.24) is 0 Å². The molecule has 0 N–H and O–H groups in total. The van der Waals surface area contributed by atoms with Gasteiger partial charge in [0.1, 0.15) is 22.8 Å². The monoisotopic (exact) mass is 799 g/mol. The summed E-state index contributed by atoms with van der Waals surface area (Å²) in [7, 11) is 0. The van der Waals surface area contributed by atoms with E-state index in [1.165, 1.54) is 27.8 Å². The second kappa shape index (κ2) is 13.7. The lowest BCUT2D eigenvalue weighted by molar-refractivity contribution is 0.461. The van der Waals surface area contributed by atoms with Crippen LogP contribution in [0.2, 0.25) is 0 Å². The molecule has 3 heterocycles. The van der Waals surface area contributed by atoms with Crippen LogP contribution in [0.1, 0.15) is 90.1 Å². The van der Waals surface area contributed by atoms with E-state index in [-0.39, 0.29) is 23.0 Å². The van der Waals surface area contributed by atoms with Crippen molar-refractivity contribution in [3.05, 3.63) is 155 Å². The Labute approximate surface area is 361 Å². The van der Waals surface area contributed by atoms with Crippen LogP contribution in [0.3, 0.4) is 0 Å². The number of furan rings is 1. The van der Waals surface area contributed by atoms with Gasteiger partial charge in [0.15, 0.2) is 11.3 Å². The van der Waals surface area contributed by atoms with Crippen LogP contribution in [0.15, 0.2) is 132 Å². The third-order valence-electron chi connectivity index (χ3n) is 12.7. The molecule has 0 atom stereocenters. The fourth-order valence-corrected chi connectivity index (χ4v) is 9.42. The molecule has 1 aromatic heterocycles. The van der Waals surface area contributed by atoms with Crippen LogP contribution in [0.4, 0.5) is 17.1 Å². The highest BCUT2D eigenvalue weighted by molar-refractivity contribution is 6.98. The average molecular weight is 800 g/mol. The number of fused-ring (bicyclic) bond motifs is 8. The van der Waals surface area contributed by atoms with Crippen molar-refractivity contribution < 1.29 is 13.9 Å². The van der Waals surface area contributed by atoms with Crippen molar-refractivity contribution in [2.24, 2.45) is 0 Å². The van der Waals surface area contributed by atoms with Crippen molar-refractivity contribution in [2.45, 2.75) is 92.4 Å². The van der Waals surface area contributed by atoms with Crippen LogP contribution < -0.4 is 30.8 Å². The van der Waals surface area contributed by atoms with Crippen molar-refractivity contribution in [2.75, 3.05) is 4.90 Å². The van der Waals surface area contributed by atoms with Gasteiger partial charge in [0.25, 0.3) is 6.71 Å². The average Bonchev–Trinajstić information content (AvgIpc) is 3.60. The van der Waals surface area contributed by atoms with E-state index in [2.05, 4.69) is 202 Å². The van der Waals surface area contributed by atoms with Gasteiger partial charge in [0, 0.05) is 22.2 Å². The van der Waals surface area contributed by atoms with Crippen LogP contribution in [0, 0.1) is 13.8 Å². The summed E-state index contributed by atoms with van der Waals surface area (Å²) in [6.45, 7) is 24.5. The SMILES string of the molecule is Cc1cc(C)cc(-c2cc3c4c(c2)Oc2c(cc(N(c5ccc(C(C)(C)C)cc5)c5ccc(C(C)(C)C)cc5)c5c2oc2ccccc25)B4c2cc(C(C)(C)C)ccc2O3)c1. The lowest BCUT2D eigenvalue weighted by atomic mass is 9.34. The fourth-order valence-electron chi connectivity index (χ4n) is 9.42. The van der Waals surface area contributed by atoms with Crippen LogP contribution in [-0.4, -0.2) is 6.71 Å². The molecule has 0 saturated carbocycles. The summed E-state index contributed by atoms with van der Waals surface area (Å²) in [6.07, 6.45) is 0. The van der Waals surface area contributed by atoms with Gasteiger partial charge < -0.3 is 18.8 Å². The molecule has 0 fully saturated rings. The molecule has 0 spiro atoms. The summed E-state index contributed by atoms with van der Waals surface area (Å²) < 4.78 is 21.2. The Hall–Kier alpha value is -6.20. The van der Waals surface area contributed by atoms with Gasteiger partial charge >= 0.3 is 0 Å². The third-order valence-corrected chi connectivity index (χ3v) is 12.7. The minimum atomic E-state index is -0.183. The molecule has 0 saturated heterocycles. The number of para-hydroxylation sites is 1. The van der Waals surface area contributed by atoms with Crippen LogP contribution in [0.5, 0.6) is 23.0 Å². The highest BCUT2D eigenvalue weighted by Crippen LogP contribution is 2.49. The predicted octanol–water partition coefficient (Wildman–Crippen LogP) is 14.0. The summed E-state index contributed by atoms with van der Waals surface area (Å²) >= 11 is 0. The van der Waals surface area contributed by atoms with Crippen LogP contribution >= 0.6 is 0 Å². The number of ether oxygens (including phenoxy) is 2. The number of rotatable bonds is 4. The smallest absolute Gasteiger partial charge is 0.260 e. The third kappa shape index (κ3) is 6.61. The van der Waals surface area contributed by atoms with Gasteiger partial charge in [-0.1, -0.05) is 146 Å². The first-order valence-electron chi connectivity index (χ1n) is 21.7. The summed E-state index contributed by atoms with van der Waals surface area (Å²) in [5.41, 5.74) is 16.4. The minimum absolute atomic E-state index is 0.0143. The maximum atomic E-state index is 7.26. The topological polar surface area (TPSA) is 34.8 Å². The molecule has 7 aromatic carbocycles. The summed E-state index contributed by atoms with van der Waals surface area (Å²) in [5, 5.41) is 2.05. The second-order valence-electron chi connectivity index (χ2n) is 20.4. The first kappa shape index (κ1) is 39.0. The van der Waals surface area contributed by atoms with Crippen molar-refractivity contribution >= 4 is 62.1 Å². The Balaban J connectivity index is 1.29. The fraction of sp³-hybridized carbons (Fsp3) is 0.250. The molecule has 5 heteroatoms. The number of benzene rings is 7. The molecule has 0 aliphatic carbocycles. The second-order valence-corrected chi connectivity index (χ2v) is 20.4. The van der Waals surface area contributed by atoms with E-state index >= 15 is 0 Å². The molecule has 4 nitrogen and oxygen atoms in total. The molecule has 61 heavy (non-hydrogen) atoms. The van der Waals surface area contributed by atoms with Crippen LogP contribution in [0.25, 0.3) is 33.1 Å². The number of aryl methyl sites for hydroxylation is 2. The molecule has 10 rings (SSSR count). The molecule has 0 unspecified atom stereocenters. The van der Waals surface area contributed by atoms with E-state index in [4.69, 9.17) is 13.9 Å². The Morgan fingerprint density at radius 3 is 1.62 bits per heavy atom. The summed E-state index contributed by atoms with van der Waals surface area (Å²) in [6, 6.07) is 46.8. The van der Waals surface area contributed by atoms with Gasteiger partial charge in [-0.25, -0.2) is 0 Å². The largest absolute Gasteiger partial charge is 0.458 e. The Morgan fingerprint density at radius 2 is 1.03 bits per heavy atom. The van der Waals surface area contributed by atoms with E-state index in [9.17, 15) is 0 Å². The van der Waals surface area contributed by atoms with E-state index < -0.39 is 0 Å². The van der Waals surface area contributed by atoms with Gasteiger partial charge in [0.05, 0.1) is 11.1 Å². The number of nitrogens with zero attached hydrogens (tertiary/aromatic N) is 1. The zero-order chi connectivity index (χ0) is 42.7. The van der Waals surface area contributed by atoms with E-state index in [1.807, 2.05) is 6.07 Å². The van der Waals surface area contributed by atoms with Crippen molar-refractivity contribution in [3.63, 3.8) is 0 Å².